The average Bonchev–Trinajstić information content (AvgIpc) is 2.47. The molecule has 0 bridgehead atoms. The Morgan fingerprint density at radius 2 is 2.25 bits per heavy atom. The third-order valence-corrected chi connectivity index (χ3v) is 4.12. The lowest BCUT2D eigenvalue weighted by atomic mass is 9.76. The number of ether oxygens (including phenoxy) is 1. The van der Waals surface area contributed by atoms with E-state index in [0.717, 1.165) is 25.7 Å². The number of hydrogen-bond donors (Lipinski definition) is 2. The largest absolute Gasteiger partial charge is 0.496 e. The first-order chi connectivity index (χ1) is 9.60. The summed E-state index contributed by atoms with van der Waals surface area (Å²) < 4.78 is 5.22. The van der Waals surface area contributed by atoms with Crippen LogP contribution in [0.25, 0.3) is 0 Å². The quantitative estimate of drug-likeness (QED) is 0.888. The van der Waals surface area contributed by atoms with E-state index in [1.54, 1.807) is 19.2 Å². The number of carbonyl (C=O) groups excluding carboxylic acids is 1. The summed E-state index contributed by atoms with van der Waals surface area (Å²) in [6.45, 7) is 2.15. The lowest BCUT2D eigenvalue weighted by molar-refractivity contribution is 0.0694. The molecule has 2 N–H and O–H groups in total. The molecule has 1 aromatic carbocycles. The summed E-state index contributed by atoms with van der Waals surface area (Å²) >= 11 is 0. The number of carbonyl (C=O) groups is 1. The van der Waals surface area contributed by atoms with Crippen LogP contribution in [0.5, 0.6) is 5.75 Å². The highest BCUT2D eigenvalue weighted by Crippen LogP contribution is 2.32. The molecule has 1 saturated carbocycles. The van der Waals surface area contributed by atoms with Crippen molar-refractivity contribution in [3.8, 4) is 5.75 Å². The van der Waals surface area contributed by atoms with Crippen LogP contribution in [0.1, 0.15) is 43.0 Å². The van der Waals surface area contributed by atoms with Gasteiger partial charge in [0.15, 0.2) is 0 Å². The standard InChI is InChI=1S/C16H23NO3/c1-12-6-5-9-16(10-12,11-18)17-15(19)13-7-3-4-8-14(13)20-2/h3-4,7-8,12,18H,5-6,9-11H2,1-2H3,(H,17,19). The monoisotopic (exact) mass is 277 g/mol. The Labute approximate surface area is 120 Å². The Balaban J connectivity index is 2.17. The molecule has 1 fully saturated rings. The fourth-order valence-electron chi connectivity index (χ4n) is 3.10. The Morgan fingerprint density at radius 1 is 1.50 bits per heavy atom. The molecule has 2 unspecified atom stereocenters. The van der Waals surface area contributed by atoms with Crippen molar-refractivity contribution in [3.63, 3.8) is 0 Å². The maximum atomic E-state index is 12.5. The van der Waals surface area contributed by atoms with Gasteiger partial charge in [0.2, 0.25) is 0 Å². The third kappa shape index (κ3) is 3.12. The van der Waals surface area contributed by atoms with Crippen molar-refractivity contribution in [2.24, 2.45) is 5.92 Å². The lowest BCUT2D eigenvalue weighted by Gasteiger charge is -2.39. The lowest BCUT2D eigenvalue weighted by Crippen LogP contribution is -2.53. The summed E-state index contributed by atoms with van der Waals surface area (Å²) in [7, 11) is 1.55. The van der Waals surface area contributed by atoms with Crippen LogP contribution in [0, 0.1) is 5.92 Å². The minimum Gasteiger partial charge on any atom is -0.496 e. The van der Waals surface area contributed by atoms with E-state index in [-0.39, 0.29) is 12.5 Å². The molecule has 0 heterocycles. The van der Waals surface area contributed by atoms with Crippen molar-refractivity contribution in [1.82, 2.24) is 5.32 Å². The van der Waals surface area contributed by atoms with E-state index in [1.165, 1.54) is 0 Å². The van der Waals surface area contributed by atoms with Gasteiger partial charge in [-0.05, 0) is 30.9 Å². The number of hydrogen-bond acceptors (Lipinski definition) is 3. The fourth-order valence-corrected chi connectivity index (χ4v) is 3.10. The molecule has 1 aliphatic carbocycles. The van der Waals surface area contributed by atoms with Gasteiger partial charge in [-0.1, -0.05) is 31.9 Å². The Morgan fingerprint density at radius 3 is 2.90 bits per heavy atom. The predicted octanol–water partition coefficient (Wildman–Crippen LogP) is 2.37. The summed E-state index contributed by atoms with van der Waals surface area (Å²) in [6, 6.07) is 7.15. The SMILES string of the molecule is COc1ccccc1C(=O)NC1(CO)CCCC(C)C1. The number of benzene rings is 1. The van der Waals surface area contributed by atoms with Crippen molar-refractivity contribution in [2.45, 2.75) is 38.1 Å². The molecule has 0 saturated heterocycles. The molecular weight excluding hydrogens is 254 g/mol. The Kier molecular flexibility index (Phi) is 4.65. The number of para-hydroxylation sites is 1. The van der Waals surface area contributed by atoms with E-state index in [0.29, 0.717) is 17.2 Å². The second kappa shape index (κ2) is 6.27. The highest BCUT2D eigenvalue weighted by atomic mass is 16.5. The number of methoxy groups -OCH3 is 1. The fraction of sp³-hybridized carbons (Fsp3) is 0.562. The van der Waals surface area contributed by atoms with Gasteiger partial charge >= 0.3 is 0 Å². The minimum absolute atomic E-state index is 0.0156. The van der Waals surface area contributed by atoms with Gasteiger partial charge in [-0.15, -0.1) is 0 Å². The summed E-state index contributed by atoms with van der Waals surface area (Å²) in [5.74, 6) is 0.904. The topological polar surface area (TPSA) is 58.6 Å². The van der Waals surface area contributed by atoms with Crippen LogP contribution in [0.4, 0.5) is 0 Å². The molecule has 4 heteroatoms. The number of aliphatic hydroxyl groups excluding tert-OH is 1. The smallest absolute Gasteiger partial charge is 0.255 e. The zero-order chi connectivity index (χ0) is 14.6. The Hall–Kier alpha value is -1.55. The van der Waals surface area contributed by atoms with Crippen LogP contribution in [-0.2, 0) is 0 Å². The van der Waals surface area contributed by atoms with E-state index in [4.69, 9.17) is 4.74 Å². The van der Waals surface area contributed by atoms with Crippen LogP contribution >= 0.6 is 0 Å². The molecule has 2 rings (SSSR count). The molecule has 2 atom stereocenters. The molecule has 0 aromatic heterocycles. The Bertz CT molecular complexity index is 475. The van der Waals surface area contributed by atoms with Crippen LogP contribution < -0.4 is 10.1 Å². The number of nitrogens with one attached hydrogen (secondary N) is 1. The van der Waals surface area contributed by atoms with Gasteiger partial charge in [0.25, 0.3) is 5.91 Å². The van der Waals surface area contributed by atoms with E-state index in [9.17, 15) is 9.90 Å². The first kappa shape index (κ1) is 14.9. The molecule has 110 valence electrons. The van der Waals surface area contributed by atoms with Crippen molar-refractivity contribution >= 4 is 5.91 Å². The molecule has 4 nitrogen and oxygen atoms in total. The maximum Gasteiger partial charge on any atom is 0.255 e. The molecule has 20 heavy (non-hydrogen) atoms. The number of amides is 1. The van der Waals surface area contributed by atoms with E-state index in [2.05, 4.69) is 12.2 Å². The van der Waals surface area contributed by atoms with E-state index >= 15 is 0 Å². The molecule has 0 spiro atoms. The minimum atomic E-state index is -0.490. The van der Waals surface area contributed by atoms with Crippen molar-refractivity contribution in [2.75, 3.05) is 13.7 Å². The summed E-state index contributed by atoms with van der Waals surface area (Å²) in [6.07, 6.45) is 3.85. The van der Waals surface area contributed by atoms with E-state index in [1.807, 2.05) is 12.1 Å². The first-order valence-corrected chi connectivity index (χ1v) is 7.16. The molecule has 1 amide bonds. The zero-order valence-electron chi connectivity index (χ0n) is 12.2. The van der Waals surface area contributed by atoms with E-state index < -0.39 is 5.54 Å². The van der Waals surface area contributed by atoms with Gasteiger partial charge in [0.05, 0.1) is 24.8 Å². The summed E-state index contributed by atoms with van der Waals surface area (Å²) in [4.78, 5) is 12.5. The second-order valence-corrected chi connectivity index (χ2v) is 5.79. The van der Waals surface area contributed by atoms with Crippen molar-refractivity contribution < 1.29 is 14.6 Å². The van der Waals surface area contributed by atoms with Crippen LogP contribution in [0.3, 0.4) is 0 Å². The normalized spacial score (nSPS) is 26.1. The molecule has 1 aromatic rings. The van der Waals surface area contributed by atoms with Gasteiger partial charge in [0, 0.05) is 0 Å². The second-order valence-electron chi connectivity index (χ2n) is 5.79. The van der Waals surface area contributed by atoms with Gasteiger partial charge < -0.3 is 15.2 Å². The molecule has 1 aliphatic rings. The zero-order valence-corrected chi connectivity index (χ0v) is 12.2. The third-order valence-electron chi connectivity index (χ3n) is 4.12. The highest BCUT2D eigenvalue weighted by Gasteiger charge is 2.36. The molecule has 0 radical (unpaired) electrons. The van der Waals surface area contributed by atoms with Crippen LogP contribution in [0.2, 0.25) is 0 Å². The van der Waals surface area contributed by atoms with Crippen molar-refractivity contribution in [3.05, 3.63) is 29.8 Å². The molecular formula is C16H23NO3. The maximum absolute atomic E-state index is 12.5. The van der Waals surface area contributed by atoms with Crippen LogP contribution in [-0.4, -0.2) is 30.3 Å². The first-order valence-electron chi connectivity index (χ1n) is 7.16. The van der Waals surface area contributed by atoms with Gasteiger partial charge in [-0.25, -0.2) is 0 Å². The van der Waals surface area contributed by atoms with Gasteiger partial charge in [-0.2, -0.15) is 0 Å². The summed E-state index contributed by atoms with van der Waals surface area (Å²) in [5, 5.41) is 12.8. The average molecular weight is 277 g/mol. The summed E-state index contributed by atoms with van der Waals surface area (Å²) in [5.41, 5.74) is 0.0244. The van der Waals surface area contributed by atoms with Crippen molar-refractivity contribution in [1.29, 1.82) is 0 Å². The van der Waals surface area contributed by atoms with Gasteiger partial charge in [-0.3, -0.25) is 4.79 Å². The highest BCUT2D eigenvalue weighted by molar-refractivity contribution is 5.97. The van der Waals surface area contributed by atoms with Crippen LogP contribution in [0.15, 0.2) is 24.3 Å². The predicted molar refractivity (Wildman–Crippen MR) is 77.9 cm³/mol. The number of rotatable bonds is 4. The number of aliphatic hydroxyl groups is 1. The molecule has 0 aliphatic heterocycles. The van der Waals surface area contributed by atoms with Gasteiger partial charge in [0.1, 0.15) is 5.75 Å².